The molecule has 2 nitrogen and oxygen atoms in total. The van der Waals surface area contributed by atoms with Gasteiger partial charge in [-0.3, -0.25) is 9.07 Å². The van der Waals surface area contributed by atoms with Crippen molar-refractivity contribution >= 4 is 34.2 Å². The minimum Gasteiger partial charge on any atom is -0.270 e. The summed E-state index contributed by atoms with van der Waals surface area (Å²) in [6, 6.07) is 0. The lowest BCUT2D eigenvalue weighted by atomic mass is 10.5. The molecule has 0 amide bonds. The fourth-order valence-corrected chi connectivity index (χ4v) is 1.28. The van der Waals surface area contributed by atoms with Crippen molar-refractivity contribution in [2.75, 3.05) is 6.67 Å². The maximum atomic E-state index is 11.7. The average molecular weight is 288 g/mol. The molecule has 0 aliphatic heterocycles. The SMILES string of the molecule is FCCCn1cc(Cl)c(I)n1. The molecule has 0 unspecified atom stereocenters. The number of halogens is 3. The van der Waals surface area contributed by atoms with Crippen molar-refractivity contribution in [2.24, 2.45) is 0 Å². The van der Waals surface area contributed by atoms with E-state index in [1.807, 2.05) is 22.6 Å². The van der Waals surface area contributed by atoms with E-state index in [0.717, 1.165) is 3.70 Å². The molecule has 1 heterocycles. The third-order valence-corrected chi connectivity index (χ3v) is 2.59. The molecule has 1 rings (SSSR count). The fourth-order valence-electron chi connectivity index (χ4n) is 0.710. The van der Waals surface area contributed by atoms with Gasteiger partial charge in [0.05, 0.1) is 11.7 Å². The minimum absolute atomic E-state index is 0.311. The molecule has 0 radical (unpaired) electrons. The highest BCUT2D eigenvalue weighted by Crippen LogP contribution is 2.15. The molecule has 11 heavy (non-hydrogen) atoms. The van der Waals surface area contributed by atoms with Gasteiger partial charge in [-0.1, -0.05) is 11.6 Å². The van der Waals surface area contributed by atoms with E-state index in [4.69, 9.17) is 11.6 Å². The topological polar surface area (TPSA) is 17.8 Å². The number of nitrogens with zero attached hydrogens (tertiary/aromatic N) is 2. The second-order valence-electron chi connectivity index (χ2n) is 2.07. The second-order valence-corrected chi connectivity index (χ2v) is 3.50. The van der Waals surface area contributed by atoms with Crippen molar-refractivity contribution in [3.63, 3.8) is 0 Å². The fraction of sp³-hybridized carbons (Fsp3) is 0.500. The predicted octanol–water partition coefficient (Wildman–Crippen LogP) is 2.50. The third kappa shape index (κ3) is 2.59. The van der Waals surface area contributed by atoms with Gasteiger partial charge < -0.3 is 0 Å². The molecule has 0 fully saturated rings. The van der Waals surface area contributed by atoms with E-state index in [1.165, 1.54) is 0 Å². The summed E-state index contributed by atoms with van der Waals surface area (Å²) in [4.78, 5) is 0. The van der Waals surface area contributed by atoms with Gasteiger partial charge in [-0.25, -0.2) is 0 Å². The van der Waals surface area contributed by atoms with Crippen molar-refractivity contribution in [2.45, 2.75) is 13.0 Å². The van der Waals surface area contributed by atoms with Crippen molar-refractivity contribution in [3.05, 3.63) is 14.9 Å². The number of aromatic nitrogens is 2. The summed E-state index contributed by atoms with van der Waals surface area (Å²) >= 11 is 7.76. The Morgan fingerprint density at radius 2 is 2.45 bits per heavy atom. The highest BCUT2D eigenvalue weighted by molar-refractivity contribution is 14.1. The average Bonchev–Trinajstić information content (AvgIpc) is 2.28. The molecule has 62 valence electrons. The Hall–Kier alpha value is 0.160. The van der Waals surface area contributed by atoms with Crippen LogP contribution in [0.3, 0.4) is 0 Å². The van der Waals surface area contributed by atoms with E-state index in [2.05, 4.69) is 5.10 Å². The summed E-state index contributed by atoms with van der Waals surface area (Å²) in [5.41, 5.74) is 0. The molecule has 1 aromatic rings. The summed E-state index contributed by atoms with van der Waals surface area (Å²) < 4.78 is 14.1. The molecule has 1 aromatic heterocycles. The summed E-state index contributed by atoms with van der Waals surface area (Å²) in [5.74, 6) is 0. The van der Waals surface area contributed by atoms with Gasteiger partial charge in [0.1, 0.15) is 3.70 Å². The van der Waals surface area contributed by atoms with Crippen LogP contribution in [-0.4, -0.2) is 16.5 Å². The van der Waals surface area contributed by atoms with E-state index in [-0.39, 0.29) is 6.67 Å². The van der Waals surface area contributed by atoms with Gasteiger partial charge in [-0.15, -0.1) is 0 Å². The summed E-state index contributed by atoms with van der Waals surface area (Å²) in [6.07, 6.45) is 2.20. The van der Waals surface area contributed by atoms with Crippen LogP contribution in [0.5, 0.6) is 0 Å². The van der Waals surface area contributed by atoms with Gasteiger partial charge in [0.2, 0.25) is 0 Å². The van der Waals surface area contributed by atoms with Crippen LogP contribution in [0.15, 0.2) is 6.20 Å². The molecule has 5 heteroatoms. The highest BCUT2D eigenvalue weighted by Gasteiger charge is 2.01. The molecule has 0 bridgehead atoms. The number of hydrogen-bond donors (Lipinski definition) is 0. The van der Waals surface area contributed by atoms with Gasteiger partial charge in [-0.05, 0) is 29.0 Å². The van der Waals surface area contributed by atoms with Crippen molar-refractivity contribution in [1.82, 2.24) is 9.78 Å². The Bertz CT molecular complexity index is 219. The Balaban J connectivity index is 2.58. The second kappa shape index (κ2) is 4.25. The van der Waals surface area contributed by atoms with E-state index in [9.17, 15) is 4.39 Å². The molecule has 0 spiro atoms. The minimum atomic E-state index is -0.311. The molecule has 0 atom stereocenters. The van der Waals surface area contributed by atoms with Gasteiger partial charge in [0.25, 0.3) is 0 Å². The molecule has 0 aliphatic carbocycles. The van der Waals surface area contributed by atoms with Crippen LogP contribution in [0.2, 0.25) is 5.02 Å². The Morgan fingerprint density at radius 1 is 1.73 bits per heavy atom. The predicted molar refractivity (Wildman–Crippen MR) is 50.5 cm³/mol. The Labute approximate surface area is 82.9 Å². The third-order valence-electron chi connectivity index (χ3n) is 1.20. The number of rotatable bonds is 3. The van der Waals surface area contributed by atoms with Gasteiger partial charge in [-0.2, -0.15) is 5.10 Å². The van der Waals surface area contributed by atoms with Gasteiger partial charge in [0, 0.05) is 12.7 Å². The maximum Gasteiger partial charge on any atom is 0.141 e. The first kappa shape index (κ1) is 9.25. The summed E-state index contributed by atoms with van der Waals surface area (Å²) in [6.45, 7) is 0.285. The van der Waals surface area contributed by atoms with Gasteiger partial charge >= 0.3 is 0 Å². The van der Waals surface area contributed by atoms with Crippen LogP contribution in [0.1, 0.15) is 6.42 Å². The zero-order chi connectivity index (χ0) is 8.27. The molecule has 0 aromatic carbocycles. The summed E-state index contributed by atoms with van der Waals surface area (Å²) in [5, 5.41) is 4.68. The van der Waals surface area contributed by atoms with Crippen molar-refractivity contribution in [1.29, 1.82) is 0 Å². The highest BCUT2D eigenvalue weighted by atomic mass is 127. The lowest BCUT2D eigenvalue weighted by Gasteiger charge is -1.95. The van der Waals surface area contributed by atoms with Crippen LogP contribution in [-0.2, 0) is 6.54 Å². The molecular weight excluding hydrogens is 281 g/mol. The van der Waals surface area contributed by atoms with E-state index in [1.54, 1.807) is 10.9 Å². The monoisotopic (exact) mass is 288 g/mol. The van der Waals surface area contributed by atoms with Crippen LogP contribution in [0.25, 0.3) is 0 Å². The standard InChI is InChI=1S/C6H7ClFIN2/c7-5-4-11(3-1-2-8)10-6(5)9/h4H,1-3H2. The van der Waals surface area contributed by atoms with Crippen LogP contribution in [0, 0.1) is 3.70 Å². The molecule has 0 aliphatic rings. The molecule has 0 saturated carbocycles. The van der Waals surface area contributed by atoms with Crippen LogP contribution < -0.4 is 0 Å². The van der Waals surface area contributed by atoms with E-state index in [0.29, 0.717) is 18.0 Å². The normalized spacial score (nSPS) is 10.5. The number of alkyl halides is 1. The van der Waals surface area contributed by atoms with E-state index < -0.39 is 0 Å². The van der Waals surface area contributed by atoms with Crippen molar-refractivity contribution < 1.29 is 4.39 Å². The maximum absolute atomic E-state index is 11.7. The number of aryl methyl sites for hydroxylation is 1. The zero-order valence-electron chi connectivity index (χ0n) is 5.73. The van der Waals surface area contributed by atoms with Crippen molar-refractivity contribution in [3.8, 4) is 0 Å². The van der Waals surface area contributed by atoms with Crippen LogP contribution in [0.4, 0.5) is 4.39 Å². The summed E-state index contributed by atoms with van der Waals surface area (Å²) in [7, 11) is 0. The Morgan fingerprint density at radius 3 is 2.91 bits per heavy atom. The first-order chi connectivity index (χ1) is 5.24. The number of hydrogen-bond acceptors (Lipinski definition) is 1. The smallest absolute Gasteiger partial charge is 0.141 e. The van der Waals surface area contributed by atoms with Crippen LogP contribution >= 0.6 is 34.2 Å². The molecule has 0 N–H and O–H groups in total. The largest absolute Gasteiger partial charge is 0.270 e. The van der Waals surface area contributed by atoms with Gasteiger partial charge in [0.15, 0.2) is 0 Å². The molecular formula is C6H7ClFIN2. The lowest BCUT2D eigenvalue weighted by Crippen LogP contribution is -1.99. The first-order valence-electron chi connectivity index (χ1n) is 3.18. The quantitative estimate of drug-likeness (QED) is 0.782. The lowest BCUT2D eigenvalue weighted by molar-refractivity contribution is 0.434. The Kier molecular flexibility index (Phi) is 3.58. The first-order valence-corrected chi connectivity index (χ1v) is 4.64. The zero-order valence-corrected chi connectivity index (χ0v) is 8.64. The molecule has 0 saturated heterocycles. The van der Waals surface area contributed by atoms with E-state index >= 15 is 0 Å².